The molecular weight excluding hydrogens is 569 g/mol. The Bertz CT molecular complexity index is 1350. The number of carbonyl (C=O) groups excluding carboxylic acids is 2. The second kappa shape index (κ2) is 13.3. The minimum absolute atomic E-state index is 0.0121. The van der Waals surface area contributed by atoms with Crippen LogP contribution in [0.15, 0.2) is 77.7 Å². The second-order valence-electron chi connectivity index (χ2n) is 8.57. The molecule has 11 heteroatoms. The highest BCUT2D eigenvalue weighted by Gasteiger charge is 2.32. The summed E-state index contributed by atoms with van der Waals surface area (Å²) in [7, 11) is -4.20. The highest BCUT2D eigenvalue weighted by Crippen LogP contribution is 2.30. The molecule has 3 rings (SSSR count). The molecule has 0 aliphatic heterocycles. The molecule has 0 aliphatic carbocycles. The van der Waals surface area contributed by atoms with Crippen molar-refractivity contribution in [2.45, 2.75) is 37.8 Å². The third kappa shape index (κ3) is 7.63. The summed E-state index contributed by atoms with van der Waals surface area (Å²) in [6.07, 6.45) is 0.724. The van der Waals surface area contributed by atoms with Crippen LogP contribution in [0.4, 0.5) is 5.69 Å². The summed E-state index contributed by atoms with van der Waals surface area (Å²) in [6, 6.07) is 18.0. The van der Waals surface area contributed by atoms with Gasteiger partial charge < -0.3 is 10.2 Å². The molecule has 1 N–H and O–H groups in total. The summed E-state index contributed by atoms with van der Waals surface area (Å²) >= 11 is 18.4. The first-order valence-corrected chi connectivity index (χ1v) is 14.5. The predicted octanol–water partition coefficient (Wildman–Crippen LogP) is 5.79. The van der Waals surface area contributed by atoms with Crippen molar-refractivity contribution in [3.8, 4) is 0 Å². The van der Waals surface area contributed by atoms with Gasteiger partial charge in [-0.3, -0.25) is 13.9 Å². The number of nitrogens with zero attached hydrogens (tertiary/aromatic N) is 2. The molecule has 0 fully saturated rings. The highest BCUT2D eigenvalue weighted by atomic mass is 35.5. The van der Waals surface area contributed by atoms with Crippen molar-refractivity contribution >= 4 is 62.3 Å². The first-order valence-electron chi connectivity index (χ1n) is 11.9. The van der Waals surface area contributed by atoms with E-state index in [1.54, 1.807) is 49.4 Å². The number of carbonyl (C=O) groups is 2. The van der Waals surface area contributed by atoms with Gasteiger partial charge in [0.2, 0.25) is 11.8 Å². The first kappa shape index (κ1) is 29.8. The van der Waals surface area contributed by atoms with Crippen LogP contribution in [-0.2, 0) is 26.2 Å². The quantitative estimate of drug-likeness (QED) is 0.304. The zero-order valence-electron chi connectivity index (χ0n) is 20.9. The molecule has 0 bridgehead atoms. The first-order chi connectivity index (χ1) is 18.0. The SMILES string of the molecule is CCCNC(=O)[C@@H](C)N(Cc1ccc(Cl)cc1)C(=O)CN(c1cc(Cl)cc(Cl)c1)S(=O)(=O)c1ccccc1. The van der Waals surface area contributed by atoms with Crippen LogP contribution in [0.2, 0.25) is 15.1 Å². The minimum Gasteiger partial charge on any atom is -0.354 e. The fraction of sp³-hybridized carbons (Fsp3) is 0.259. The van der Waals surface area contributed by atoms with Crippen molar-refractivity contribution in [3.05, 3.63) is 93.4 Å². The van der Waals surface area contributed by atoms with Gasteiger partial charge >= 0.3 is 0 Å². The highest BCUT2D eigenvalue weighted by molar-refractivity contribution is 7.92. The molecule has 3 aromatic carbocycles. The van der Waals surface area contributed by atoms with Crippen molar-refractivity contribution in [1.82, 2.24) is 10.2 Å². The van der Waals surface area contributed by atoms with Gasteiger partial charge in [-0.2, -0.15) is 0 Å². The van der Waals surface area contributed by atoms with E-state index in [-0.39, 0.29) is 33.1 Å². The summed E-state index contributed by atoms with van der Waals surface area (Å²) in [6.45, 7) is 3.44. The Morgan fingerprint density at radius 3 is 2.08 bits per heavy atom. The fourth-order valence-corrected chi connectivity index (χ4v) is 5.76. The maximum atomic E-state index is 13.8. The Morgan fingerprint density at radius 1 is 0.895 bits per heavy atom. The van der Waals surface area contributed by atoms with E-state index < -0.39 is 28.5 Å². The number of halogens is 3. The van der Waals surface area contributed by atoms with Crippen LogP contribution in [0.5, 0.6) is 0 Å². The van der Waals surface area contributed by atoms with E-state index in [1.807, 2.05) is 6.92 Å². The monoisotopic (exact) mass is 595 g/mol. The van der Waals surface area contributed by atoms with Gasteiger partial charge in [-0.1, -0.05) is 72.1 Å². The number of anilines is 1. The van der Waals surface area contributed by atoms with E-state index in [4.69, 9.17) is 34.8 Å². The summed E-state index contributed by atoms with van der Waals surface area (Å²) in [5.41, 5.74) is 0.843. The average Bonchev–Trinajstić information content (AvgIpc) is 2.89. The van der Waals surface area contributed by atoms with Gasteiger partial charge in [0, 0.05) is 28.2 Å². The van der Waals surface area contributed by atoms with Gasteiger partial charge in [0.25, 0.3) is 10.0 Å². The van der Waals surface area contributed by atoms with E-state index in [0.29, 0.717) is 11.6 Å². The Kier molecular flexibility index (Phi) is 10.4. The Morgan fingerprint density at radius 2 is 1.50 bits per heavy atom. The van der Waals surface area contributed by atoms with Crippen LogP contribution in [0.3, 0.4) is 0 Å². The van der Waals surface area contributed by atoms with Crippen LogP contribution in [0.25, 0.3) is 0 Å². The van der Waals surface area contributed by atoms with E-state index in [1.165, 1.54) is 35.2 Å². The van der Waals surface area contributed by atoms with Gasteiger partial charge in [-0.05, 0) is 61.4 Å². The Balaban J connectivity index is 2.03. The molecule has 38 heavy (non-hydrogen) atoms. The Labute approximate surface area is 238 Å². The zero-order valence-corrected chi connectivity index (χ0v) is 24.0. The number of benzene rings is 3. The lowest BCUT2D eigenvalue weighted by Crippen LogP contribution is -2.51. The lowest BCUT2D eigenvalue weighted by molar-refractivity contribution is -0.139. The van der Waals surface area contributed by atoms with Gasteiger partial charge in [0.1, 0.15) is 12.6 Å². The summed E-state index contributed by atoms with van der Waals surface area (Å²) in [5, 5.41) is 3.74. The van der Waals surface area contributed by atoms with Crippen LogP contribution in [0.1, 0.15) is 25.8 Å². The molecule has 0 saturated carbocycles. The van der Waals surface area contributed by atoms with Crippen molar-refractivity contribution in [2.75, 3.05) is 17.4 Å². The third-order valence-corrected chi connectivity index (χ3v) is 8.20. The molecule has 0 saturated heterocycles. The average molecular weight is 597 g/mol. The summed E-state index contributed by atoms with van der Waals surface area (Å²) in [4.78, 5) is 28.0. The molecule has 0 unspecified atom stereocenters. The summed E-state index contributed by atoms with van der Waals surface area (Å²) in [5.74, 6) is -0.938. The van der Waals surface area contributed by atoms with Gasteiger partial charge in [-0.25, -0.2) is 8.42 Å². The van der Waals surface area contributed by atoms with E-state index >= 15 is 0 Å². The number of nitrogens with one attached hydrogen (secondary N) is 1. The predicted molar refractivity (Wildman–Crippen MR) is 152 cm³/mol. The van der Waals surface area contributed by atoms with Crippen molar-refractivity contribution in [2.24, 2.45) is 0 Å². The largest absolute Gasteiger partial charge is 0.354 e. The molecule has 0 aromatic heterocycles. The number of hydrogen-bond acceptors (Lipinski definition) is 4. The number of amides is 2. The van der Waals surface area contributed by atoms with Crippen LogP contribution in [0, 0.1) is 0 Å². The molecule has 0 radical (unpaired) electrons. The maximum Gasteiger partial charge on any atom is 0.264 e. The van der Waals surface area contributed by atoms with Crippen LogP contribution in [-0.4, -0.2) is 44.3 Å². The van der Waals surface area contributed by atoms with Crippen molar-refractivity contribution < 1.29 is 18.0 Å². The lowest BCUT2D eigenvalue weighted by atomic mass is 10.1. The second-order valence-corrected chi connectivity index (χ2v) is 11.7. The van der Waals surface area contributed by atoms with Crippen molar-refractivity contribution in [3.63, 3.8) is 0 Å². The van der Waals surface area contributed by atoms with Gasteiger partial charge in [0.15, 0.2) is 0 Å². The van der Waals surface area contributed by atoms with E-state index in [2.05, 4.69) is 5.32 Å². The standard InChI is InChI=1S/C27H28Cl3N3O4S/c1-3-13-31-27(35)19(2)32(17-20-9-11-21(28)12-10-20)26(34)18-33(24-15-22(29)14-23(30)16-24)38(36,37)25-7-5-4-6-8-25/h4-12,14-16,19H,3,13,17-18H2,1-2H3,(H,31,35)/t19-/m1/s1. The molecule has 2 amide bonds. The number of sulfonamides is 1. The molecule has 7 nitrogen and oxygen atoms in total. The molecule has 0 aliphatic rings. The fourth-order valence-electron chi connectivity index (χ4n) is 3.70. The van der Waals surface area contributed by atoms with Gasteiger partial charge in [0.05, 0.1) is 10.6 Å². The zero-order chi connectivity index (χ0) is 27.9. The summed E-state index contributed by atoms with van der Waals surface area (Å²) < 4.78 is 28.4. The molecule has 3 aromatic rings. The van der Waals surface area contributed by atoms with E-state index in [9.17, 15) is 18.0 Å². The maximum absolute atomic E-state index is 13.8. The molecule has 202 valence electrons. The Hall–Kier alpha value is -2.78. The normalized spacial score (nSPS) is 12.0. The topological polar surface area (TPSA) is 86.8 Å². The van der Waals surface area contributed by atoms with E-state index in [0.717, 1.165) is 16.3 Å². The molecule has 1 atom stereocenters. The van der Waals surface area contributed by atoms with Crippen LogP contribution >= 0.6 is 34.8 Å². The number of hydrogen-bond donors (Lipinski definition) is 1. The number of rotatable bonds is 11. The molecule has 0 spiro atoms. The minimum atomic E-state index is -4.20. The lowest BCUT2D eigenvalue weighted by Gasteiger charge is -2.32. The smallest absolute Gasteiger partial charge is 0.264 e. The molecular formula is C27H28Cl3N3O4S. The van der Waals surface area contributed by atoms with Crippen LogP contribution < -0.4 is 9.62 Å². The molecule has 0 heterocycles. The van der Waals surface area contributed by atoms with Crippen molar-refractivity contribution in [1.29, 1.82) is 0 Å². The third-order valence-electron chi connectivity index (χ3n) is 5.73. The van der Waals surface area contributed by atoms with Gasteiger partial charge in [-0.15, -0.1) is 0 Å².